The van der Waals surface area contributed by atoms with Crippen LogP contribution in [0, 0.1) is 11.3 Å². The van der Waals surface area contributed by atoms with Gasteiger partial charge in [-0.1, -0.05) is 12.1 Å². The lowest BCUT2D eigenvalue weighted by molar-refractivity contribution is 0.704. The van der Waals surface area contributed by atoms with Gasteiger partial charge in [-0.25, -0.2) is 9.67 Å². The van der Waals surface area contributed by atoms with E-state index in [0.29, 0.717) is 34.8 Å². The molecule has 1 aromatic carbocycles. The average Bonchev–Trinajstić information content (AvgIpc) is 3.05. The van der Waals surface area contributed by atoms with Gasteiger partial charge in [-0.05, 0) is 29.8 Å². The molecule has 0 amide bonds. The molecule has 0 aliphatic rings. The monoisotopic (exact) mass is 342 g/mol. The zero-order valence-corrected chi connectivity index (χ0v) is 13.7. The quantitative estimate of drug-likeness (QED) is 0.544. The molecule has 8 heteroatoms. The lowest BCUT2D eigenvalue weighted by Crippen LogP contribution is -2.05. The van der Waals surface area contributed by atoms with Gasteiger partial charge in [0.2, 0.25) is 5.95 Å². The van der Waals surface area contributed by atoms with Crippen molar-refractivity contribution in [3.63, 3.8) is 0 Å². The summed E-state index contributed by atoms with van der Waals surface area (Å²) in [6.45, 7) is 0.519. The highest BCUT2D eigenvalue weighted by atomic mass is 15.3. The van der Waals surface area contributed by atoms with Gasteiger partial charge < -0.3 is 11.5 Å². The zero-order valence-electron chi connectivity index (χ0n) is 13.7. The van der Waals surface area contributed by atoms with Crippen molar-refractivity contribution in [1.82, 2.24) is 24.7 Å². The number of anilines is 2. The number of nitrogen functional groups attached to an aromatic ring is 2. The van der Waals surface area contributed by atoms with E-state index >= 15 is 0 Å². The normalized spacial score (nSPS) is 10.7. The summed E-state index contributed by atoms with van der Waals surface area (Å²) in [5.41, 5.74) is 15.6. The van der Waals surface area contributed by atoms with Crippen LogP contribution in [0.25, 0.3) is 22.4 Å². The Morgan fingerprint density at radius 2 is 1.88 bits per heavy atom. The maximum Gasteiger partial charge on any atom is 0.222 e. The molecule has 3 heterocycles. The highest BCUT2D eigenvalue weighted by Gasteiger charge is 2.15. The van der Waals surface area contributed by atoms with Crippen molar-refractivity contribution < 1.29 is 0 Å². The number of fused-ring (bicyclic) bond motifs is 1. The molecule has 4 N–H and O–H groups in total. The highest BCUT2D eigenvalue weighted by molar-refractivity contribution is 5.90. The number of nitrogens with two attached hydrogens (primary N) is 2. The van der Waals surface area contributed by atoms with E-state index in [1.807, 2.05) is 24.3 Å². The van der Waals surface area contributed by atoms with Crippen LogP contribution in [0.3, 0.4) is 0 Å². The van der Waals surface area contributed by atoms with Crippen LogP contribution >= 0.6 is 0 Å². The number of aromatic nitrogens is 5. The zero-order chi connectivity index (χ0) is 18.1. The average molecular weight is 342 g/mol. The van der Waals surface area contributed by atoms with Crippen molar-refractivity contribution in [2.75, 3.05) is 11.5 Å². The smallest absolute Gasteiger partial charge is 0.222 e. The first-order valence-electron chi connectivity index (χ1n) is 7.84. The van der Waals surface area contributed by atoms with E-state index in [9.17, 15) is 0 Å². The van der Waals surface area contributed by atoms with Gasteiger partial charge in [-0.3, -0.25) is 4.98 Å². The first-order valence-corrected chi connectivity index (χ1v) is 7.84. The van der Waals surface area contributed by atoms with Crippen LogP contribution in [0.15, 0.2) is 48.8 Å². The van der Waals surface area contributed by atoms with Crippen LogP contribution in [0.5, 0.6) is 0 Å². The molecule has 0 bridgehead atoms. The standard InChI is InChI=1S/C18H14N8/c19-8-12-5-6-22-15(7-12)16-14-9-23-26(17(14)25-18(21)24-16)10-11-1-3-13(20)4-2-11/h1-7,9H,10,20H2,(H2,21,24,25). The lowest BCUT2D eigenvalue weighted by Gasteiger charge is -2.06. The van der Waals surface area contributed by atoms with Crippen molar-refractivity contribution in [2.45, 2.75) is 6.54 Å². The van der Waals surface area contributed by atoms with Gasteiger partial charge in [0.1, 0.15) is 5.69 Å². The molecule has 0 saturated carbocycles. The van der Waals surface area contributed by atoms with Gasteiger partial charge in [-0.15, -0.1) is 0 Å². The fourth-order valence-corrected chi connectivity index (χ4v) is 2.71. The second-order valence-electron chi connectivity index (χ2n) is 5.75. The van der Waals surface area contributed by atoms with Crippen LogP contribution < -0.4 is 11.5 Å². The number of nitriles is 1. The Hall–Kier alpha value is -3.99. The number of rotatable bonds is 3. The van der Waals surface area contributed by atoms with Crippen molar-refractivity contribution in [2.24, 2.45) is 0 Å². The summed E-state index contributed by atoms with van der Waals surface area (Å²) < 4.78 is 1.75. The maximum atomic E-state index is 9.10. The Balaban J connectivity index is 1.82. The van der Waals surface area contributed by atoms with E-state index in [1.54, 1.807) is 29.2 Å². The van der Waals surface area contributed by atoms with Gasteiger partial charge in [0.15, 0.2) is 5.65 Å². The second kappa shape index (κ2) is 6.14. The van der Waals surface area contributed by atoms with Crippen molar-refractivity contribution in [3.05, 3.63) is 59.9 Å². The minimum absolute atomic E-state index is 0.121. The lowest BCUT2D eigenvalue weighted by atomic mass is 10.1. The fraction of sp³-hybridized carbons (Fsp3) is 0.0556. The van der Waals surface area contributed by atoms with Crippen LogP contribution in [0.2, 0.25) is 0 Å². The molecule has 0 aliphatic heterocycles. The first-order chi connectivity index (χ1) is 12.6. The third-order valence-electron chi connectivity index (χ3n) is 3.96. The van der Waals surface area contributed by atoms with Gasteiger partial charge in [0.25, 0.3) is 0 Å². The molecule has 4 aromatic rings. The molecule has 0 atom stereocenters. The Morgan fingerprint density at radius 1 is 1.08 bits per heavy atom. The second-order valence-corrected chi connectivity index (χ2v) is 5.75. The van der Waals surface area contributed by atoms with E-state index in [-0.39, 0.29) is 5.95 Å². The molecule has 0 fully saturated rings. The van der Waals surface area contributed by atoms with Gasteiger partial charge in [0, 0.05) is 11.9 Å². The van der Waals surface area contributed by atoms with Crippen molar-refractivity contribution >= 4 is 22.7 Å². The fourth-order valence-electron chi connectivity index (χ4n) is 2.71. The van der Waals surface area contributed by atoms with Crippen molar-refractivity contribution in [1.29, 1.82) is 5.26 Å². The number of hydrogen-bond acceptors (Lipinski definition) is 7. The van der Waals surface area contributed by atoms with Crippen molar-refractivity contribution in [3.8, 4) is 17.5 Å². The predicted octanol–water partition coefficient (Wildman–Crippen LogP) is 1.97. The topological polar surface area (TPSA) is 132 Å². The summed E-state index contributed by atoms with van der Waals surface area (Å²) >= 11 is 0. The molecule has 4 rings (SSSR count). The molecule has 0 spiro atoms. The minimum Gasteiger partial charge on any atom is -0.399 e. The molecule has 26 heavy (non-hydrogen) atoms. The number of nitrogens with zero attached hydrogens (tertiary/aromatic N) is 6. The summed E-state index contributed by atoms with van der Waals surface area (Å²) in [4.78, 5) is 12.9. The number of hydrogen-bond donors (Lipinski definition) is 2. The first kappa shape index (κ1) is 15.5. The van der Waals surface area contributed by atoms with Gasteiger partial charge in [-0.2, -0.15) is 15.3 Å². The third-order valence-corrected chi connectivity index (χ3v) is 3.96. The molecular formula is C18H14N8. The predicted molar refractivity (Wildman–Crippen MR) is 97.6 cm³/mol. The van der Waals surface area contributed by atoms with E-state index < -0.39 is 0 Å². The summed E-state index contributed by atoms with van der Waals surface area (Å²) in [7, 11) is 0. The summed E-state index contributed by atoms with van der Waals surface area (Å²) in [5.74, 6) is 0.121. The molecule has 0 radical (unpaired) electrons. The Morgan fingerprint density at radius 3 is 2.65 bits per heavy atom. The maximum absolute atomic E-state index is 9.10. The molecule has 0 saturated heterocycles. The third kappa shape index (κ3) is 2.78. The molecule has 0 aliphatic carbocycles. The molecular weight excluding hydrogens is 328 g/mol. The Kier molecular flexibility index (Phi) is 3.67. The minimum atomic E-state index is 0.121. The molecule has 126 valence electrons. The van der Waals surface area contributed by atoms with E-state index in [2.05, 4.69) is 26.1 Å². The highest BCUT2D eigenvalue weighted by Crippen LogP contribution is 2.26. The van der Waals surface area contributed by atoms with E-state index in [4.69, 9.17) is 16.7 Å². The molecule has 3 aromatic heterocycles. The van der Waals surface area contributed by atoms with Crippen LogP contribution in [0.4, 0.5) is 11.6 Å². The van der Waals surface area contributed by atoms with E-state index in [0.717, 1.165) is 10.9 Å². The summed E-state index contributed by atoms with van der Waals surface area (Å²) in [6, 6.07) is 13.0. The number of pyridine rings is 1. The molecule has 0 unspecified atom stereocenters. The Bertz CT molecular complexity index is 1140. The van der Waals surface area contributed by atoms with Crippen LogP contribution in [-0.2, 0) is 6.54 Å². The SMILES string of the molecule is N#Cc1ccnc(-c2nc(N)nc3c2cnn3Cc2ccc(N)cc2)c1. The number of benzene rings is 1. The van der Waals surface area contributed by atoms with Gasteiger partial charge in [0.05, 0.1) is 35.5 Å². The van der Waals surface area contributed by atoms with Crippen LogP contribution in [0.1, 0.15) is 11.1 Å². The van der Waals surface area contributed by atoms with Gasteiger partial charge >= 0.3 is 0 Å². The van der Waals surface area contributed by atoms with Crippen LogP contribution in [-0.4, -0.2) is 24.7 Å². The van der Waals surface area contributed by atoms with E-state index in [1.165, 1.54) is 0 Å². The molecule has 8 nitrogen and oxygen atoms in total. The largest absolute Gasteiger partial charge is 0.399 e. The summed E-state index contributed by atoms with van der Waals surface area (Å²) in [6.07, 6.45) is 3.25. The summed E-state index contributed by atoms with van der Waals surface area (Å²) in [5, 5.41) is 14.2. The Labute approximate surface area is 148 Å².